The van der Waals surface area contributed by atoms with E-state index in [-0.39, 0.29) is 29.0 Å². The highest BCUT2D eigenvalue weighted by atomic mass is 32.2. The van der Waals surface area contributed by atoms with E-state index in [4.69, 9.17) is 4.74 Å². The third kappa shape index (κ3) is 6.03. The van der Waals surface area contributed by atoms with E-state index in [1.165, 1.54) is 22.5 Å². The number of hydrogen-bond donors (Lipinski definition) is 1. The van der Waals surface area contributed by atoms with Crippen LogP contribution in [0.4, 0.5) is 14.5 Å². The highest BCUT2D eigenvalue weighted by Crippen LogP contribution is 2.30. The number of sulfonamides is 1. The van der Waals surface area contributed by atoms with Gasteiger partial charge in [-0.3, -0.25) is 4.79 Å². The molecule has 0 radical (unpaired) electrons. The topological polar surface area (TPSA) is 80.6 Å². The van der Waals surface area contributed by atoms with Crippen molar-refractivity contribution in [3.8, 4) is 0 Å². The minimum Gasteiger partial charge on any atom is -0.379 e. The zero-order valence-corrected chi connectivity index (χ0v) is 21.1. The van der Waals surface area contributed by atoms with Crippen LogP contribution >= 0.6 is 0 Å². The smallest absolute Gasteiger partial charge is 0.270 e. The van der Waals surface area contributed by atoms with Crippen LogP contribution in [-0.2, 0) is 32.6 Å². The molecule has 1 aromatic heterocycles. The lowest BCUT2D eigenvalue weighted by Crippen LogP contribution is -2.42. The Morgan fingerprint density at radius 3 is 2.35 bits per heavy atom. The molecule has 10 heteroatoms. The van der Waals surface area contributed by atoms with Crippen molar-refractivity contribution < 1.29 is 26.7 Å². The molecule has 0 unspecified atom stereocenters. The molecule has 2 aromatic rings. The van der Waals surface area contributed by atoms with E-state index in [1.54, 1.807) is 19.1 Å². The Hall–Kier alpha value is -2.30. The van der Waals surface area contributed by atoms with Crippen LogP contribution in [0.2, 0.25) is 0 Å². The van der Waals surface area contributed by atoms with E-state index < -0.39 is 21.9 Å². The summed E-state index contributed by atoms with van der Waals surface area (Å²) >= 11 is 0. The molecule has 34 heavy (non-hydrogen) atoms. The summed E-state index contributed by atoms with van der Waals surface area (Å²) in [5.41, 5.74) is 1.54. The number of carbonyl (C=O) groups is 1. The molecule has 0 spiro atoms. The number of nitrogens with one attached hydrogen (secondary N) is 1. The summed E-state index contributed by atoms with van der Waals surface area (Å²) in [6.07, 6.45) is 0. The van der Waals surface area contributed by atoms with Gasteiger partial charge in [0.1, 0.15) is 0 Å². The first-order valence-corrected chi connectivity index (χ1v) is 12.9. The molecular weight excluding hydrogens is 464 g/mol. The lowest BCUT2D eigenvalue weighted by atomic mass is 9.92. The van der Waals surface area contributed by atoms with E-state index in [0.717, 1.165) is 12.6 Å². The number of carbonyl (C=O) groups excluding carboxylic acids is 1. The predicted octanol–water partition coefficient (Wildman–Crippen LogP) is 4.12. The van der Waals surface area contributed by atoms with Gasteiger partial charge < -0.3 is 14.6 Å². The van der Waals surface area contributed by atoms with Crippen molar-refractivity contribution in [3.05, 3.63) is 52.8 Å². The minimum atomic E-state index is -3.48. The number of aromatic nitrogens is 1. The van der Waals surface area contributed by atoms with Gasteiger partial charge in [0, 0.05) is 54.6 Å². The first-order chi connectivity index (χ1) is 15.7. The fourth-order valence-corrected chi connectivity index (χ4v) is 5.39. The zero-order valence-electron chi connectivity index (χ0n) is 20.3. The maximum Gasteiger partial charge on any atom is 0.270 e. The van der Waals surface area contributed by atoms with Crippen molar-refractivity contribution >= 4 is 21.6 Å². The quantitative estimate of drug-likeness (QED) is 0.624. The van der Waals surface area contributed by atoms with Gasteiger partial charge in [-0.05, 0) is 25.1 Å². The number of alkyl halides is 2. The number of halogens is 2. The lowest BCUT2D eigenvalue weighted by Gasteiger charge is -2.27. The molecule has 0 atom stereocenters. The van der Waals surface area contributed by atoms with Gasteiger partial charge in [0.25, 0.3) is 11.8 Å². The first kappa shape index (κ1) is 26.3. The van der Waals surface area contributed by atoms with Crippen LogP contribution < -0.4 is 5.32 Å². The fourth-order valence-electron chi connectivity index (χ4n) is 4.01. The normalized spacial score (nSPS) is 16.0. The summed E-state index contributed by atoms with van der Waals surface area (Å²) < 4.78 is 61.6. The van der Waals surface area contributed by atoms with Gasteiger partial charge in [0.15, 0.2) is 0 Å². The Kier molecular flexibility index (Phi) is 7.54. The molecule has 2 heterocycles. The second kappa shape index (κ2) is 9.75. The number of ether oxygens (including phenoxy) is 1. The lowest BCUT2D eigenvalue weighted by molar-refractivity contribution is 0.0175. The molecule has 0 saturated carbocycles. The molecule has 1 aliphatic heterocycles. The Balaban J connectivity index is 1.86. The second-order valence-electron chi connectivity index (χ2n) is 9.68. The molecule has 3 rings (SSSR count). The van der Waals surface area contributed by atoms with Crippen molar-refractivity contribution in [2.45, 2.75) is 52.5 Å². The van der Waals surface area contributed by atoms with Gasteiger partial charge in [-0.2, -0.15) is 4.31 Å². The van der Waals surface area contributed by atoms with Gasteiger partial charge >= 0.3 is 0 Å². The van der Waals surface area contributed by atoms with Crippen molar-refractivity contribution in [1.82, 2.24) is 8.87 Å². The number of anilines is 1. The number of benzene rings is 1. The molecule has 1 fully saturated rings. The SMILES string of the molecule is Cc1c(C(=O)Nc2cccc(C(C)(F)F)c2)cc(C(C)(C)C)n1CCS(=O)(=O)N1CCOCC1. The molecule has 1 saturated heterocycles. The summed E-state index contributed by atoms with van der Waals surface area (Å²) in [5, 5.41) is 2.70. The molecule has 1 aliphatic rings. The maximum absolute atomic E-state index is 13.7. The van der Waals surface area contributed by atoms with Gasteiger partial charge in [-0.25, -0.2) is 17.2 Å². The van der Waals surface area contributed by atoms with Crippen LogP contribution in [-0.4, -0.2) is 55.3 Å². The van der Waals surface area contributed by atoms with E-state index in [0.29, 0.717) is 37.6 Å². The Labute approximate surface area is 200 Å². The highest BCUT2D eigenvalue weighted by Gasteiger charge is 2.29. The number of morpholine rings is 1. The Morgan fingerprint density at radius 2 is 1.76 bits per heavy atom. The Morgan fingerprint density at radius 1 is 1.12 bits per heavy atom. The second-order valence-corrected chi connectivity index (χ2v) is 11.8. The van der Waals surface area contributed by atoms with E-state index in [1.807, 2.05) is 25.3 Å². The van der Waals surface area contributed by atoms with Crippen molar-refractivity contribution in [2.24, 2.45) is 0 Å². The number of rotatable bonds is 7. The molecule has 188 valence electrons. The number of hydrogen-bond acceptors (Lipinski definition) is 4. The standard InChI is InChI=1S/C24H33F2N3O4S/c1-17-20(22(30)27-19-8-6-7-18(15-19)24(5,25)26)16-21(23(2,3)4)29(17)11-14-34(31,32)28-9-12-33-13-10-28/h6-8,15-16H,9-14H2,1-5H3,(H,27,30). The van der Waals surface area contributed by atoms with Gasteiger partial charge in [-0.1, -0.05) is 32.9 Å². The van der Waals surface area contributed by atoms with Crippen LogP contribution in [0.5, 0.6) is 0 Å². The number of amides is 1. The molecular formula is C24H33F2N3O4S. The summed E-state index contributed by atoms with van der Waals surface area (Å²) in [6, 6.07) is 7.34. The summed E-state index contributed by atoms with van der Waals surface area (Å²) in [5.74, 6) is -3.56. The number of nitrogens with zero attached hydrogens (tertiary/aromatic N) is 2. The van der Waals surface area contributed by atoms with E-state index in [2.05, 4.69) is 5.32 Å². The van der Waals surface area contributed by atoms with Crippen LogP contribution in [0, 0.1) is 6.92 Å². The average Bonchev–Trinajstić information content (AvgIpc) is 3.09. The van der Waals surface area contributed by atoms with Crippen LogP contribution in [0.1, 0.15) is 55.0 Å². The molecule has 0 bridgehead atoms. The molecule has 1 amide bonds. The van der Waals surface area contributed by atoms with Crippen LogP contribution in [0.25, 0.3) is 0 Å². The molecule has 0 aliphatic carbocycles. The predicted molar refractivity (Wildman–Crippen MR) is 128 cm³/mol. The van der Waals surface area contributed by atoms with Crippen molar-refractivity contribution in [1.29, 1.82) is 0 Å². The average molecular weight is 498 g/mol. The van der Waals surface area contributed by atoms with Crippen molar-refractivity contribution in [3.63, 3.8) is 0 Å². The van der Waals surface area contributed by atoms with Gasteiger partial charge in [0.2, 0.25) is 10.0 Å². The summed E-state index contributed by atoms with van der Waals surface area (Å²) in [4.78, 5) is 13.1. The minimum absolute atomic E-state index is 0.0969. The fraction of sp³-hybridized carbons (Fsp3) is 0.542. The molecule has 1 aromatic carbocycles. The highest BCUT2D eigenvalue weighted by molar-refractivity contribution is 7.89. The first-order valence-electron chi connectivity index (χ1n) is 11.3. The Bertz CT molecular complexity index is 1140. The third-order valence-electron chi connectivity index (χ3n) is 5.94. The van der Waals surface area contributed by atoms with Crippen molar-refractivity contribution in [2.75, 3.05) is 37.4 Å². The van der Waals surface area contributed by atoms with E-state index in [9.17, 15) is 22.0 Å². The maximum atomic E-state index is 13.7. The monoisotopic (exact) mass is 497 g/mol. The van der Waals surface area contributed by atoms with Crippen LogP contribution in [0.3, 0.4) is 0 Å². The third-order valence-corrected chi connectivity index (χ3v) is 7.79. The zero-order chi connectivity index (χ0) is 25.3. The largest absolute Gasteiger partial charge is 0.379 e. The van der Waals surface area contributed by atoms with Crippen LogP contribution in [0.15, 0.2) is 30.3 Å². The van der Waals surface area contributed by atoms with Gasteiger partial charge in [-0.15, -0.1) is 0 Å². The van der Waals surface area contributed by atoms with Gasteiger partial charge in [0.05, 0.1) is 24.5 Å². The summed E-state index contributed by atoms with van der Waals surface area (Å²) in [6.45, 7) is 10.2. The molecule has 7 nitrogen and oxygen atoms in total. The summed E-state index contributed by atoms with van der Waals surface area (Å²) in [7, 11) is -3.48. The molecule has 1 N–H and O–H groups in total. The van der Waals surface area contributed by atoms with E-state index >= 15 is 0 Å².